The van der Waals surface area contributed by atoms with Gasteiger partial charge >= 0.3 is 5.97 Å². The lowest BCUT2D eigenvalue weighted by molar-refractivity contribution is -0.149. The minimum absolute atomic E-state index is 0.00761. The maximum absolute atomic E-state index is 11.6. The topological polar surface area (TPSA) is 66.4 Å². The van der Waals surface area contributed by atoms with Crippen molar-refractivity contribution in [3.05, 3.63) is 35.9 Å². The molecule has 19 heavy (non-hydrogen) atoms. The van der Waals surface area contributed by atoms with Gasteiger partial charge in [0.05, 0.1) is 5.41 Å². The van der Waals surface area contributed by atoms with Gasteiger partial charge in [0.25, 0.3) is 0 Å². The Labute approximate surface area is 113 Å². The van der Waals surface area contributed by atoms with E-state index in [-0.39, 0.29) is 12.3 Å². The summed E-state index contributed by atoms with van der Waals surface area (Å²) in [7, 11) is 0. The second-order valence-corrected chi connectivity index (χ2v) is 5.30. The maximum atomic E-state index is 11.6. The van der Waals surface area contributed by atoms with Gasteiger partial charge in [0.15, 0.2) is 0 Å². The number of benzene rings is 1. The van der Waals surface area contributed by atoms with Crippen LogP contribution in [0, 0.1) is 5.41 Å². The minimum atomic E-state index is -1.01. The minimum Gasteiger partial charge on any atom is -0.481 e. The molecule has 0 aliphatic carbocycles. The van der Waals surface area contributed by atoms with Crippen molar-refractivity contribution in [2.45, 2.75) is 33.1 Å². The van der Waals surface area contributed by atoms with E-state index in [9.17, 15) is 9.59 Å². The van der Waals surface area contributed by atoms with Gasteiger partial charge in [0.2, 0.25) is 5.91 Å². The van der Waals surface area contributed by atoms with Gasteiger partial charge in [-0.15, -0.1) is 0 Å². The van der Waals surface area contributed by atoms with Crippen LogP contribution in [0.4, 0.5) is 0 Å². The summed E-state index contributed by atoms with van der Waals surface area (Å²) in [6.07, 6.45) is 1.76. The van der Waals surface area contributed by atoms with E-state index in [4.69, 9.17) is 5.11 Å². The highest BCUT2D eigenvalue weighted by molar-refractivity contribution is 5.84. The molecular formula is C15H21NO3. The smallest absolute Gasteiger partial charge is 0.309 e. The molecule has 1 aromatic rings. The molecule has 0 aromatic heterocycles. The van der Waals surface area contributed by atoms with Crippen molar-refractivity contribution in [2.75, 3.05) is 6.54 Å². The van der Waals surface area contributed by atoms with E-state index in [1.54, 1.807) is 13.8 Å². The molecule has 0 bridgehead atoms. The number of carboxylic acid groups (broad SMARTS) is 1. The fourth-order valence-corrected chi connectivity index (χ4v) is 1.70. The van der Waals surface area contributed by atoms with Gasteiger partial charge in [-0.3, -0.25) is 9.59 Å². The Morgan fingerprint density at radius 2 is 1.84 bits per heavy atom. The number of carboxylic acids is 1. The first-order valence-electron chi connectivity index (χ1n) is 6.46. The molecule has 1 rings (SSSR count). The number of hydrogen-bond donors (Lipinski definition) is 2. The van der Waals surface area contributed by atoms with Crippen molar-refractivity contribution in [2.24, 2.45) is 5.41 Å². The number of amides is 1. The van der Waals surface area contributed by atoms with Crippen LogP contribution in [-0.4, -0.2) is 23.5 Å². The molecule has 4 heteroatoms. The predicted octanol–water partition coefficient (Wildman–Crippen LogP) is 2.24. The third-order valence-corrected chi connectivity index (χ3v) is 2.99. The van der Waals surface area contributed by atoms with Crippen LogP contribution in [0.5, 0.6) is 0 Å². The van der Waals surface area contributed by atoms with Gasteiger partial charge in [-0.05, 0) is 32.3 Å². The van der Waals surface area contributed by atoms with Crippen molar-refractivity contribution in [3.63, 3.8) is 0 Å². The van der Waals surface area contributed by atoms with Crippen molar-refractivity contribution in [1.82, 2.24) is 5.32 Å². The molecule has 0 aliphatic heterocycles. The molecule has 104 valence electrons. The summed E-state index contributed by atoms with van der Waals surface area (Å²) in [5.41, 5.74) is 0.228. The van der Waals surface area contributed by atoms with E-state index in [0.29, 0.717) is 6.54 Å². The number of aliphatic carboxylic acids is 1. The maximum Gasteiger partial charge on any atom is 0.309 e. The Morgan fingerprint density at radius 1 is 1.21 bits per heavy atom. The monoisotopic (exact) mass is 263 g/mol. The van der Waals surface area contributed by atoms with Crippen LogP contribution in [0.25, 0.3) is 0 Å². The summed E-state index contributed by atoms with van der Waals surface area (Å²) < 4.78 is 0. The summed E-state index contributed by atoms with van der Waals surface area (Å²) in [5, 5.41) is 11.7. The summed E-state index contributed by atoms with van der Waals surface area (Å²) in [6, 6.07) is 10.1. The Bertz CT molecular complexity index is 426. The molecule has 1 amide bonds. The van der Waals surface area contributed by atoms with E-state index < -0.39 is 11.4 Å². The first-order chi connectivity index (χ1) is 8.92. The van der Waals surface area contributed by atoms with Crippen LogP contribution in [-0.2, 0) is 16.0 Å². The lowest BCUT2D eigenvalue weighted by Crippen LogP contribution is -2.33. The second kappa shape index (κ2) is 6.92. The predicted molar refractivity (Wildman–Crippen MR) is 73.8 cm³/mol. The van der Waals surface area contributed by atoms with Crippen LogP contribution in [0.3, 0.4) is 0 Å². The van der Waals surface area contributed by atoms with E-state index in [2.05, 4.69) is 17.4 Å². The van der Waals surface area contributed by atoms with Crippen molar-refractivity contribution < 1.29 is 14.7 Å². The van der Waals surface area contributed by atoms with Crippen LogP contribution in [0.15, 0.2) is 30.3 Å². The molecule has 0 saturated heterocycles. The molecule has 0 radical (unpaired) electrons. The lowest BCUT2D eigenvalue weighted by Gasteiger charge is -2.18. The van der Waals surface area contributed by atoms with E-state index >= 15 is 0 Å². The van der Waals surface area contributed by atoms with E-state index in [1.165, 1.54) is 5.56 Å². The molecule has 0 unspecified atom stereocenters. The molecule has 0 atom stereocenters. The van der Waals surface area contributed by atoms with Crippen LogP contribution in [0.2, 0.25) is 0 Å². The largest absolute Gasteiger partial charge is 0.481 e. The van der Waals surface area contributed by atoms with Crippen LogP contribution in [0.1, 0.15) is 32.3 Å². The fraction of sp³-hybridized carbons (Fsp3) is 0.467. The standard InChI is InChI=1S/C15H21NO3/c1-15(2,14(18)19)11-13(17)16-10-6-9-12-7-4-3-5-8-12/h3-5,7-8H,6,9-11H2,1-2H3,(H,16,17)(H,18,19). The zero-order valence-corrected chi connectivity index (χ0v) is 11.5. The average Bonchev–Trinajstić information content (AvgIpc) is 2.35. The number of aryl methyl sites for hydroxylation is 1. The Morgan fingerprint density at radius 3 is 2.42 bits per heavy atom. The van der Waals surface area contributed by atoms with Gasteiger partial charge < -0.3 is 10.4 Å². The molecule has 0 spiro atoms. The summed E-state index contributed by atoms with van der Waals surface area (Å²) in [6.45, 7) is 3.68. The first-order valence-corrected chi connectivity index (χ1v) is 6.46. The Hall–Kier alpha value is -1.84. The lowest BCUT2D eigenvalue weighted by atomic mass is 9.89. The quantitative estimate of drug-likeness (QED) is 0.741. The number of hydrogen-bond acceptors (Lipinski definition) is 2. The van der Waals surface area contributed by atoms with Crippen molar-refractivity contribution in [1.29, 1.82) is 0 Å². The van der Waals surface area contributed by atoms with Gasteiger partial charge in [-0.25, -0.2) is 0 Å². The first kappa shape index (κ1) is 15.2. The van der Waals surface area contributed by atoms with Gasteiger partial charge in [-0.1, -0.05) is 30.3 Å². The molecule has 0 aliphatic rings. The third kappa shape index (κ3) is 5.55. The molecule has 0 heterocycles. The fourth-order valence-electron chi connectivity index (χ4n) is 1.70. The van der Waals surface area contributed by atoms with Crippen molar-refractivity contribution >= 4 is 11.9 Å². The molecule has 1 aromatic carbocycles. The molecule has 2 N–H and O–H groups in total. The second-order valence-electron chi connectivity index (χ2n) is 5.30. The Balaban J connectivity index is 2.23. The SMILES string of the molecule is CC(C)(CC(=O)NCCCc1ccccc1)C(=O)O. The van der Waals surface area contributed by atoms with E-state index in [0.717, 1.165) is 12.8 Å². The molecule has 4 nitrogen and oxygen atoms in total. The highest BCUT2D eigenvalue weighted by Gasteiger charge is 2.29. The zero-order valence-electron chi connectivity index (χ0n) is 11.5. The Kier molecular flexibility index (Phi) is 5.55. The van der Waals surface area contributed by atoms with Gasteiger partial charge in [0, 0.05) is 13.0 Å². The molecule has 0 fully saturated rings. The number of carbonyl (C=O) groups excluding carboxylic acids is 1. The number of carbonyl (C=O) groups is 2. The van der Waals surface area contributed by atoms with E-state index in [1.807, 2.05) is 18.2 Å². The normalized spacial score (nSPS) is 11.1. The summed E-state index contributed by atoms with van der Waals surface area (Å²) in [4.78, 5) is 22.5. The van der Waals surface area contributed by atoms with Gasteiger partial charge in [0.1, 0.15) is 0 Å². The molecular weight excluding hydrogens is 242 g/mol. The summed E-state index contributed by atoms with van der Waals surface area (Å²) >= 11 is 0. The molecule has 0 saturated carbocycles. The van der Waals surface area contributed by atoms with Crippen LogP contribution >= 0.6 is 0 Å². The van der Waals surface area contributed by atoms with Gasteiger partial charge in [-0.2, -0.15) is 0 Å². The number of rotatable bonds is 7. The average molecular weight is 263 g/mol. The zero-order chi connectivity index (χ0) is 14.3. The van der Waals surface area contributed by atoms with Crippen LogP contribution < -0.4 is 5.32 Å². The van der Waals surface area contributed by atoms with Crippen molar-refractivity contribution in [3.8, 4) is 0 Å². The summed E-state index contributed by atoms with van der Waals surface area (Å²) in [5.74, 6) is -1.16. The highest BCUT2D eigenvalue weighted by atomic mass is 16.4. The highest BCUT2D eigenvalue weighted by Crippen LogP contribution is 2.19. The third-order valence-electron chi connectivity index (χ3n) is 2.99. The number of nitrogens with one attached hydrogen (secondary N) is 1.